The number of hydrogen-bond donors (Lipinski definition) is 1. The van der Waals surface area contributed by atoms with Gasteiger partial charge in [0.1, 0.15) is 0 Å². The first-order valence-electron chi connectivity index (χ1n) is 5.53. The Kier molecular flexibility index (Phi) is 3.41. The van der Waals surface area contributed by atoms with Gasteiger partial charge in [-0.15, -0.1) is 0 Å². The van der Waals surface area contributed by atoms with Crippen molar-refractivity contribution in [2.45, 2.75) is 19.4 Å². The number of hydrogen-bond acceptors (Lipinski definition) is 3. The van der Waals surface area contributed by atoms with Gasteiger partial charge in [-0.2, -0.15) is 5.10 Å². The van der Waals surface area contributed by atoms with Crippen molar-refractivity contribution in [2.24, 2.45) is 7.05 Å². The number of likely N-dealkylation sites (N-methyl/N-ethyl adjacent to an activating group) is 1. The molecular formula is C12H17N3O. The van der Waals surface area contributed by atoms with Crippen molar-refractivity contribution in [2.75, 3.05) is 6.54 Å². The smallest absolute Gasteiger partial charge is 0.0935 e. The van der Waals surface area contributed by atoms with Gasteiger partial charge in [0.05, 0.1) is 24.3 Å². The van der Waals surface area contributed by atoms with E-state index in [0.29, 0.717) is 0 Å². The highest BCUT2D eigenvalue weighted by molar-refractivity contribution is 5.13. The fourth-order valence-electron chi connectivity index (χ4n) is 1.79. The summed E-state index contributed by atoms with van der Waals surface area (Å²) in [5, 5.41) is 7.87. The van der Waals surface area contributed by atoms with Gasteiger partial charge in [-0.25, -0.2) is 0 Å². The van der Waals surface area contributed by atoms with Crippen LogP contribution in [0.4, 0.5) is 0 Å². The predicted octanol–water partition coefficient (Wildman–Crippen LogP) is 1.91. The monoisotopic (exact) mass is 219 g/mol. The average Bonchev–Trinajstić information content (AvgIpc) is 2.88. The topological polar surface area (TPSA) is 43.0 Å². The van der Waals surface area contributed by atoms with Crippen LogP contribution in [0.2, 0.25) is 0 Å². The highest BCUT2D eigenvalue weighted by atomic mass is 16.3. The van der Waals surface area contributed by atoms with Crippen molar-refractivity contribution < 1.29 is 4.42 Å². The molecule has 0 spiro atoms. The van der Waals surface area contributed by atoms with Gasteiger partial charge in [0.15, 0.2) is 0 Å². The second-order valence-electron chi connectivity index (χ2n) is 3.86. The molecule has 0 saturated heterocycles. The van der Waals surface area contributed by atoms with Crippen LogP contribution in [0.5, 0.6) is 0 Å². The van der Waals surface area contributed by atoms with E-state index in [1.54, 1.807) is 12.5 Å². The molecule has 4 heteroatoms. The van der Waals surface area contributed by atoms with Gasteiger partial charge in [-0.3, -0.25) is 4.68 Å². The molecule has 0 aromatic carbocycles. The summed E-state index contributed by atoms with van der Waals surface area (Å²) in [5.74, 6) is 0. The minimum absolute atomic E-state index is 0.254. The third-order valence-corrected chi connectivity index (χ3v) is 2.56. The molecule has 0 aliphatic rings. The van der Waals surface area contributed by atoms with Crippen molar-refractivity contribution >= 4 is 0 Å². The summed E-state index contributed by atoms with van der Waals surface area (Å²) >= 11 is 0. The largest absolute Gasteiger partial charge is 0.472 e. The van der Waals surface area contributed by atoms with Crippen LogP contribution in [-0.2, 0) is 13.5 Å². The number of nitrogens with one attached hydrogen (secondary N) is 1. The number of rotatable bonds is 5. The highest BCUT2D eigenvalue weighted by Gasteiger charge is 2.14. The molecule has 2 heterocycles. The van der Waals surface area contributed by atoms with Gasteiger partial charge in [0, 0.05) is 13.2 Å². The molecule has 86 valence electrons. The number of aromatic nitrogens is 2. The van der Waals surface area contributed by atoms with Gasteiger partial charge in [-0.1, -0.05) is 6.92 Å². The lowest BCUT2D eigenvalue weighted by Gasteiger charge is -2.14. The summed E-state index contributed by atoms with van der Waals surface area (Å²) in [7, 11) is 1.93. The van der Waals surface area contributed by atoms with Crippen molar-refractivity contribution in [3.05, 3.63) is 42.1 Å². The molecule has 0 fully saturated rings. The maximum absolute atomic E-state index is 5.08. The standard InChI is InChI=1S/C12H17N3O/c1-3-13-12(8-10-5-7-16-9-10)11-4-6-15(2)14-11/h4-7,9,12-13H,3,8H2,1-2H3. The number of furan rings is 1. The summed E-state index contributed by atoms with van der Waals surface area (Å²) in [6.07, 6.45) is 6.36. The van der Waals surface area contributed by atoms with Gasteiger partial charge >= 0.3 is 0 Å². The first-order valence-corrected chi connectivity index (χ1v) is 5.53. The van der Waals surface area contributed by atoms with E-state index in [-0.39, 0.29) is 6.04 Å². The molecule has 0 saturated carbocycles. The van der Waals surface area contributed by atoms with E-state index in [0.717, 1.165) is 18.7 Å². The van der Waals surface area contributed by atoms with Gasteiger partial charge in [0.25, 0.3) is 0 Å². The minimum atomic E-state index is 0.254. The van der Waals surface area contributed by atoms with E-state index in [4.69, 9.17) is 4.42 Å². The first-order chi connectivity index (χ1) is 7.79. The highest BCUT2D eigenvalue weighted by Crippen LogP contribution is 2.16. The van der Waals surface area contributed by atoms with Gasteiger partial charge in [-0.05, 0) is 30.7 Å². The van der Waals surface area contributed by atoms with Gasteiger partial charge in [0.2, 0.25) is 0 Å². The lowest BCUT2D eigenvalue weighted by molar-refractivity contribution is 0.519. The van der Waals surface area contributed by atoms with Crippen molar-refractivity contribution in [3.8, 4) is 0 Å². The van der Waals surface area contributed by atoms with Crippen LogP contribution in [0.25, 0.3) is 0 Å². The van der Waals surface area contributed by atoms with E-state index in [1.807, 2.05) is 30.1 Å². The Hall–Kier alpha value is -1.55. The summed E-state index contributed by atoms with van der Waals surface area (Å²) in [6.45, 7) is 3.03. The Balaban J connectivity index is 2.11. The van der Waals surface area contributed by atoms with E-state index in [2.05, 4.69) is 17.3 Å². The van der Waals surface area contributed by atoms with Crippen LogP contribution >= 0.6 is 0 Å². The fraction of sp³-hybridized carbons (Fsp3) is 0.417. The number of aryl methyl sites for hydroxylation is 1. The lowest BCUT2D eigenvalue weighted by Crippen LogP contribution is -2.23. The zero-order chi connectivity index (χ0) is 11.4. The van der Waals surface area contributed by atoms with Crippen molar-refractivity contribution in [1.82, 2.24) is 15.1 Å². The van der Waals surface area contributed by atoms with Crippen LogP contribution < -0.4 is 5.32 Å². The van der Waals surface area contributed by atoms with E-state index in [9.17, 15) is 0 Å². The van der Waals surface area contributed by atoms with E-state index in [1.165, 1.54) is 5.56 Å². The van der Waals surface area contributed by atoms with Crippen LogP contribution in [0.15, 0.2) is 35.3 Å². The SMILES string of the molecule is CCNC(Cc1ccoc1)c1ccn(C)n1. The first kappa shape index (κ1) is 11.0. The zero-order valence-corrected chi connectivity index (χ0v) is 9.68. The van der Waals surface area contributed by atoms with E-state index < -0.39 is 0 Å². The van der Waals surface area contributed by atoms with Crippen LogP contribution in [0.3, 0.4) is 0 Å². The number of nitrogens with zero attached hydrogens (tertiary/aromatic N) is 2. The molecular weight excluding hydrogens is 202 g/mol. The Labute approximate surface area is 95.3 Å². The Morgan fingerprint density at radius 3 is 2.94 bits per heavy atom. The van der Waals surface area contributed by atoms with Crippen LogP contribution in [0.1, 0.15) is 24.2 Å². The maximum Gasteiger partial charge on any atom is 0.0935 e. The Morgan fingerprint density at radius 1 is 1.50 bits per heavy atom. The van der Waals surface area contributed by atoms with Crippen molar-refractivity contribution in [1.29, 1.82) is 0 Å². The normalized spacial score (nSPS) is 12.9. The molecule has 0 aliphatic heterocycles. The van der Waals surface area contributed by atoms with E-state index >= 15 is 0 Å². The zero-order valence-electron chi connectivity index (χ0n) is 9.68. The average molecular weight is 219 g/mol. The minimum Gasteiger partial charge on any atom is -0.472 e. The third-order valence-electron chi connectivity index (χ3n) is 2.56. The molecule has 0 radical (unpaired) electrons. The molecule has 16 heavy (non-hydrogen) atoms. The Morgan fingerprint density at radius 2 is 2.38 bits per heavy atom. The summed E-state index contributed by atoms with van der Waals surface area (Å²) in [6, 6.07) is 4.30. The molecule has 1 N–H and O–H groups in total. The lowest BCUT2D eigenvalue weighted by atomic mass is 10.1. The molecule has 4 nitrogen and oxygen atoms in total. The van der Waals surface area contributed by atoms with Gasteiger partial charge < -0.3 is 9.73 Å². The molecule has 1 unspecified atom stereocenters. The molecule has 0 aliphatic carbocycles. The molecule has 2 aromatic heterocycles. The quantitative estimate of drug-likeness (QED) is 0.835. The fourth-order valence-corrected chi connectivity index (χ4v) is 1.79. The Bertz CT molecular complexity index is 419. The van der Waals surface area contributed by atoms with Crippen LogP contribution in [-0.4, -0.2) is 16.3 Å². The molecule has 1 atom stereocenters. The van der Waals surface area contributed by atoms with Crippen LogP contribution in [0, 0.1) is 0 Å². The third kappa shape index (κ3) is 2.52. The molecule has 2 aromatic rings. The summed E-state index contributed by atoms with van der Waals surface area (Å²) in [5.41, 5.74) is 2.27. The summed E-state index contributed by atoms with van der Waals surface area (Å²) in [4.78, 5) is 0. The predicted molar refractivity (Wildman–Crippen MR) is 62.0 cm³/mol. The maximum atomic E-state index is 5.08. The second kappa shape index (κ2) is 4.99. The molecule has 0 bridgehead atoms. The second-order valence-corrected chi connectivity index (χ2v) is 3.86. The molecule has 2 rings (SSSR count). The molecule has 0 amide bonds. The summed E-state index contributed by atoms with van der Waals surface area (Å²) < 4.78 is 6.91. The van der Waals surface area contributed by atoms with Crippen molar-refractivity contribution in [3.63, 3.8) is 0 Å².